The smallest absolute Gasteiger partial charge is 0 e. The van der Waals surface area contributed by atoms with Crippen LogP contribution in [0.2, 0.25) is 0 Å². The van der Waals surface area contributed by atoms with E-state index in [1.807, 2.05) is 0 Å². The third-order valence-corrected chi connectivity index (χ3v) is 0. The molecule has 0 nitrogen and oxygen atoms in total. The normalized spacial score (nSPS) is 0. The first kappa shape index (κ1) is 131. The Morgan fingerprint density at radius 3 is 0.500 bits per heavy atom. The topological polar surface area (TPSA) is 0 Å². The van der Waals surface area contributed by atoms with E-state index in [0.29, 0.717) is 0 Å². The summed E-state index contributed by atoms with van der Waals surface area (Å²) in [5.41, 5.74) is 0. The van der Waals surface area contributed by atoms with Crippen LogP contribution in [0.15, 0.2) is 0 Å². The summed E-state index contributed by atoms with van der Waals surface area (Å²) in [5, 5.41) is 0. The predicted molar refractivity (Wildman–Crippen MR) is 33.0 cm³/mol. The van der Waals surface area contributed by atoms with Crippen LogP contribution in [0, 0.1) is 66.6 Å². The molecule has 0 saturated heterocycles. The summed E-state index contributed by atoms with van der Waals surface area (Å²) in [6, 6.07) is 0. The average Bonchev–Trinajstić information content (AvgIpc) is 0. The fourth-order valence-electron chi connectivity index (χ4n) is 0. The van der Waals surface area contributed by atoms with E-state index in [-0.39, 0.29) is 80.1 Å². The van der Waals surface area contributed by atoms with E-state index >= 15 is 0 Å². The second-order valence-corrected chi connectivity index (χ2v) is 0. The van der Waals surface area contributed by atoms with Gasteiger partial charge in [0.25, 0.3) is 0 Å². The molecule has 0 aromatic rings. The van der Waals surface area contributed by atoms with Gasteiger partial charge in [-0.25, -0.2) is 0 Å². The molecule has 6 heavy (non-hydrogen) atoms. The van der Waals surface area contributed by atoms with E-state index in [1.165, 1.54) is 0 Å². The quantitative estimate of drug-likeness (QED) is 0.583. The zero-order valence-electron chi connectivity index (χ0n) is 4.69. The molecule has 0 unspecified atom stereocenters. The molecular formula is C4H12STm-6. The molecule has 0 N–H and O–H groups in total. The van der Waals surface area contributed by atoms with Crippen molar-refractivity contribution in [3.05, 3.63) is 29.7 Å². The molecule has 0 aliphatic rings. The maximum atomic E-state index is 0. The van der Waals surface area contributed by atoms with Gasteiger partial charge < -0.3 is 43.2 Å². The van der Waals surface area contributed by atoms with Gasteiger partial charge in [0.1, 0.15) is 0 Å². The van der Waals surface area contributed by atoms with Gasteiger partial charge in [-0.2, -0.15) is 0 Å². The summed E-state index contributed by atoms with van der Waals surface area (Å²) in [7, 11) is 0. The van der Waals surface area contributed by atoms with Crippen molar-refractivity contribution in [2.45, 2.75) is 0 Å². The van der Waals surface area contributed by atoms with Crippen LogP contribution in [-0.2, 0) is 13.5 Å². The van der Waals surface area contributed by atoms with Crippen LogP contribution in [0.1, 0.15) is 0 Å². The van der Waals surface area contributed by atoms with E-state index in [1.54, 1.807) is 0 Å². The molecule has 0 rings (SSSR count). The molecule has 0 fully saturated rings. The molecule has 53 valence electrons. The minimum absolute atomic E-state index is 0. The van der Waals surface area contributed by atoms with Gasteiger partial charge in [0.15, 0.2) is 0 Å². The van der Waals surface area contributed by atoms with Gasteiger partial charge in [-0.15, -0.1) is 0 Å². The summed E-state index contributed by atoms with van der Waals surface area (Å²) in [4.78, 5) is 0. The average molecular weight is 261 g/mol. The summed E-state index contributed by atoms with van der Waals surface area (Å²) >= 11 is 0. The van der Waals surface area contributed by atoms with Crippen molar-refractivity contribution in [3.8, 4) is 0 Å². The SMILES string of the molecule is [CH3-].[CH3-].[CH3-].[CH3-].[S-2].[Tm]. The Bertz CT molecular complexity index is 7.51. The van der Waals surface area contributed by atoms with E-state index in [2.05, 4.69) is 0 Å². The minimum Gasteiger partial charge on any atom is -2.00 e. The molecular weight excluding hydrogens is 249 g/mol. The second-order valence-electron chi connectivity index (χ2n) is 0. The molecule has 0 atom stereocenters. The predicted octanol–water partition coefficient (Wildman–Crippen LogP) is 1.80. The van der Waals surface area contributed by atoms with Crippen LogP contribution in [0.3, 0.4) is 0 Å². The first-order valence-electron chi connectivity index (χ1n) is 0. The molecule has 2 heteroatoms. The number of hydrogen-bond donors (Lipinski definition) is 0. The van der Waals surface area contributed by atoms with Gasteiger partial charge in [-0.1, -0.05) is 0 Å². The molecule has 0 amide bonds. The van der Waals surface area contributed by atoms with Crippen LogP contribution >= 0.6 is 0 Å². The summed E-state index contributed by atoms with van der Waals surface area (Å²) < 4.78 is 0. The van der Waals surface area contributed by atoms with E-state index in [0.717, 1.165) is 0 Å². The molecule has 0 aliphatic carbocycles. The minimum atomic E-state index is 0. The van der Waals surface area contributed by atoms with Crippen molar-refractivity contribution in [2.75, 3.05) is 0 Å². The van der Waals surface area contributed by atoms with Crippen LogP contribution < -0.4 is 0 Å². The summed E-state index contributed by atoms with van der Waals surface area (Å²) in [6.45, 7) is 0. The van der Waals surface area contributed by atoms with Gasteiger partial charge in [0, 0.05) is 36.9 Å². The molecule has 0 heterocycles. The van der Waals surface area contributed by atoms with E-state index in [9.17, 15) is 0 Å². The van der Waals surface area contributed by atoms with Crippen LogP contribution in [-0.4, -0.2) is 0 Å². The maximum absolute atomic E-state index is 0. The Morgan fingerprint density at radius 1 is 0.500 bits per heavy atom. The van der Waals surface area contributed by atoms with Crippen LogP contribution in [0.5, 0.6) is 0 Å². The molecule has 0 saturated carbocycles. The van der Waals surface area contributed by atoms with Gasteiger partial charge in [0.2, 0.25) is 0 Å². The van der Waals surface area contributed by atoms with Crippen molar-refractivity contribution in [1.29, 1.82) is 0 Å². The standard InChI is InChI=1S/4CH3.S.Tm/h4*1H3;;/q4*-1;-2;. The van der Waals surface area contributed by atoms with Crippen molar-refractivity contribution >= 4 is 13.5 Å². The maximum Gasteiger partial charge on any atom is 0 e. The Hall–Kier alpha value is 1.58. The first-order chi connectivity index (χ1) is 0. The summed E-state index contributed by atoms with van der Waals surface area (Å²) in [5.74, 6) is 0. The third kappa shape index (κ3) is 46.8. The zero-order chi connectivity index (χ0) is 0. The van der Waals surface area contributed by atoms with Crippen molar-refractivity contribution < 1.29 is 36.9 Å². The van der Waals surface area contributed by atoms with Gasteiger partial charge in [-0.3, -0.25) is 0 Å². The monoisotopic (exact) mass is 261 g/mol. The Kier molecular flexibility index (Phi) is 1790. The number of rotatable bonds is 0. The molecule has 0 bridgehead atoms. The Labute approximate surface area is 79.3 Å². The fraction of sp³-hybridized carbons (Fsp3) is 0. The Balaban J connectivity index is 0. The fourth-order valence-corrected chi connectivity index (χ4v) is 0. The second kappa shape index (κ2) is 81.8. The van der Waals surface area contributed by atoms with Gasteiger partial charge in [0.05, 0.1) is 0 Å². The van der Waals surface area contributed by atoms with Crippen LogP contribution in [0.25, 0.3) is 0 Å². The number of hydrogen-bond acceptors (Lipinski definition) is 0. The van der Waals surface area contributed by atoms with Crippen molar-refractivity contribution in [1.82, 2.24) is 0 Å². The van der Waals surface area contributed by atoms with Gasteiger partial charge in [-0.05, 0) is 0 Å². The molecule has 0 spiro atoms. The van der Waals surface area contributed by atoms with E-state index in [4.69, 9.17) is 0 Å². The van der Waals surface area contributed by atoms with Crippen molar-refractivity contribution in [3.63, 3.8) is 0 Å². The van der Waals surface area contributed by atoms with Crippen LogP contribution in [0.4, 0.5) is 0 Å². The third-order valence-electron chi connectivity index (χ3n) is 0. The molecule has 0 aromatic carbocycles. The van der Waals surface area contributed by atoms with Crippen molar-refractivity contribution in [2.24, 2.45) is 0 Å². The molecule has 0 aliphatic heterocycles. The Morgan fingerprint density at radius 2 is 0.500 bits per heavy atom. The molecule has 1 radical (unpaired) electrons. The first-order valence-corrected chi connectivity index (χ1v) is 0. The zero-order valence-corrected chi connectivity index (χ0v) is 7.28. The molecule has 0 aromatic heterocycles. The van der Waals surface area contributed by atoms with Gasteiger partial charge >= 0.3 is 0 Å². The largest absolute Gasteiger partial charge is 2.00 e. The van der Waals surface area contributed by atoms with E-state index < -0.39 is 0 Å². The summed E-state index contributed by atoms with van der Waals surface area (Å²) in [6.07, 6.45) is 0.